The number of phenolic OH excluding ortho intramolecular Hbond substituents is 1. The van der Waals surface area contributed by atoms with Gasteiger partial charge in [0, 0.05) is 0 Å². The molecule has 74 valence electrons. The van der Waals surface area contributed by atoms with Crippen molar-refractivity contribution in [2.75, 3.05) is 6.61 Å². The molecule has 14 heavy (non-hydrogen) atoms. The van der Waals surface area contributed by atoms with Crippen LogP contribution in [-0.4, -0.2) is 11.7 Å². The van der Waals surface area contributed by atoms with Gasteiger partial charge in [0.2, 0.25) is 0 Å². The van der Waals surface area contributed by atoms with E-state index in [2.05, 4.69) is 0 Å². The standard InChI is InChI=1S/C10H12N2O2/c1-2-14-10-5-7(8(12)6-11)3-4-9(10)13/h3-5,8,13H,2,12H2,1H3. The second kappa shape index (κ2) is 4.49. The zero-order valence-corrected chi connectivity index (χ0v) is 7.90. The molecule has 1 unspecified atom stereocenters. The lowest BCUT2D eigenvalue weighted by Gasteiger charge is -2.08. The van der Waals surface area contributed by atoms with Crippen LogP contribution < -0.4 is 10.5 Å². The van der Waals surface area contributed by atoms with E-state index < -0.39 is 6.04 Å². The molecular formula is C10H12N2O2. The highest BCUT2D eigenvalue weighted by Crippen LogP contribution is 2.28. The van der Waals surface area contributed by atoms with Crippen LogP contribution in [0.5, 0.6) is 11.5 Å². The molecule has 0 saturated heterocycles. The molecule has 0 saturated carbocycles. The minimum absolute atomic E-state index is 0.0562. The minimum Gasteiger partial charge on any atom is -0.504 e. The molecule has 0 bridgehead atoms. The molecule has 4 nitrogen and oxygen atoms in total. The normalized spacial score (nSPS) is 11.8. The Morgan fingerprint density at radius 2 is 2.36 bits per heavy atom. The quantitative estimate of drug-likeness (QED) is 0.756. The van der Waals surface area contributed by atoms with E-state index in [0.717, 1.165) is 0 Å². The lowest BCUT2D eigenvalue weighted by atomic mass is 10.1. The average Bonchev–Trinajstić information content (AvgIpc) is 2.20. The van der Waals surface area contributed by atoms with Crippen molar-refractivity contribution in [3.63, 3.8) is 0 Å². The predicted molar refractivity (Wildman–Crippen MR) is 51.8 cm³/mol. The van der Waals surface area contributed by atoms with Gasteiger partial charge >= 0.3 is 0 Å². The molecule has 0 aliphatic carbocycles. The smallest absolute Gasteiger partial charge is 0.161 e. The molecule has 0 radical (unpaired) electrons. The van der Waals surface area contributed by atoms with Gasteiger partial charge in [0.25, 0.3) is 0 Å². The van der Waals surface area contributed by atoms with Crippen LogP contribution in [0.15, 0.2) is 18.2 Å². The van der Waals surface area contributed by atoms with Crippen LogP contribution in [0.25, 0.3) is 0 Å². The second-order valence-electron chi connectivity index (χ2n) is 2.77. The number of hydrogen-bond donors (Lipinski definition) is 2. The summed E-state index contributed by atoms with van der Waals surface area (Å²) in [5, 5.41) is 18.0. The summed E-state index contributed by atoms with van der Waals surface area (Å²) in [6, 6.07) is 5.87. The molecule has 1 rings (SSSR count). The number of ether oxygens (including phenoxy) is 1. The van der Waals surface area contributed by atoms with Gasteiger partial charge in [0.15, 0.2) is 11.5 Å². The largest absolute Gasteiger partial charge is 0.504 e. The number of nitrogens with two attached hydrogens (primary N) is 1. The first-order valence-corrected chi connectivity index (χ1v) is 4.30. The van der Waals surface area contributed by atoms with Crippen molar-refractivity contribution in [3.8, 4) is 17.6 Å². The van der Waals surface area contributed by atoms with Crippen LogP contribution >= 0.6 is 0 Å². The highest BCUT2D eigenvalue weighted by molar-refractivity contribution is 5.43. The molecular weight excluding hydrogens is 180 g/mol. The van der Waals surface area contributed by atoms with Gasteiger partial charge in [0.1, 0.15) is 6.04 Å². The summed E-state index contributed by atoms with van der Waals surface area (Å²) in [5.41, 5.74) is 6.14. The van der Waals surface area contributed by atoms with Gasteiger partial charge in [-0.3, -0.25) is 0 Å². The number of aromatic hydroxyl groups is 1. The van der Waals surface area contributed by atoms with Gasteiger partial charge in [0.05, 0.1) is 12.7 Å². The van der Waals surface area contributed by atoms with Crippen LogP contribution in [0.1, 0.15) is 18.5 Å². The Balaban J connectivity index is 3.01. The summed E-state index contributed by atoms with van der Waals surface area (Å²) in [6.07, 6.45) is 0. The monoisotopic (exact) mass is 192 g/mol. The summed E-state index contributed by atoms with van der Waals surface area (Å²) >= 11 is 0. The highest BCUT2D eigenvalue weighted by Gasteiger charge is 2.08. The second-order valence-corrected chi connectivity index (χ2v) is 2.77. The maximum absolute atomic E-state index is 9.37. The number of rotatable bonds is 3. The predicted octanol–water partition coefficient (Wildman–Crippen LogP) is 1.31. The molecule has 0 aromatic heterocycles. The van der Waals surface area contributed by atoms with E-state index in [-0.39, 0.29) is 5.75 Å². The van der Waals surface area contributed by atoms with E-state index in [1.165, 1.54) is 6.07 Å². The van der Waals surface area contributed by atoms with E-state index in [0.29, 0.717) is 17.9 Å². The van der Waals surface area contributed by atoms with Crippen molar-refractivity contribution < 1.29 is 9.84 Å². The van der Waals surface area contributed by atoms with E-state index >= 15 is 0 Å². The molecule has 0 amide bonds. The fraction of sp³-hybridized carbons (Fsp3) is 0.300. The average molecular weight is 192 g/mol. The topological polar surface area (TPSA) is 79.3 Å². The Kier molecular flexibility index (Phi) is 3.32. The number of hydrogen-bond acceptors (Lipinski definition) is 4. The molecule has 0 spiro atoms. The van der Waals surface area contributed by atoms with Gasteiger partial charge in [-0.25, -0.2) is 0 Å². The first kappa shape index (κ1) is 10.4. The molecule has 0 aliphatic heterocycles. The van der Waals surface area contributed by atoms with Crippen molar-refractivity contribution in [2.45, 2.75) is 13.0 Å². The number of benzene rings is 1. The van der Waals surface area contributed by atoms with Gasteiger partial charge in [-0.15, -0.1) is 0 Å². The Morgan fingerprint density at radius 3 is 2.93 bits per heavy atom. The molecule has 3 N–H and O–H groups in total. The maximum Gasteiger partial charge on any atom is 0.161 e. The van der Waals surface area contributed by atoms with Crippen LogP contribution in [0.3, 0.4) is 0 Å². The van der Waals surface area contributed by atoms with Gasteiger partial charge in [-0.05, 0) is 24.6 Å². The first-order valence-electron chi connectivity index (χ1n) is 4.30. The lowest BCUT2D eigenvalue weighted by Crippen LogP contribution is -2.07. The van der Waals surface area contributed by atoms with Crippen molar-refractivity contribution in [1.29, 1.82) is 5.26 Å². The molecule has 4 heteroatoms. The summed E-state index contributed by atoms with van der Waals surface area (Å²) in [5.74, 6) is 0.413. The summed E-state index contributed by atoms with van der Waals surface area (Å²) in [6.45, 7) is 2.27. The molecule has 1 atom stereocenters. The Hall–Kier alpha value is -1.73. The van der Waals surface area contributed by atoms with Gasteiger partial charge in [-0.1, -0.05) is 6.07 Å². The van der Waals surface area contributed by atoms with Gasteiger partial charge in [-0.2, -0.15) is 5.26 Å². The summed E-state index contributed by atoms with van der Waals surface area (Å²) in [4.78, 5) is 0. The van der Waals surface area contributed by atoms with Crippen LogP contribution in [-0.2, 0) is 0 Å². The van der Waals surface area contributed by atoms with Crippen molar-refractivity contribution >= 4 is 0 Å². The molecule has 1 aromatic rings. The van der Waals surface area contributed by atoms with Crippen molar-refractivity contribution in [2.24, 2.45) is 5.73 Å². The van der Waals surface area contributed by atoms with Gasteiger partial charge < -0.3 is 15.6 Å². The number of nitrogens with zero attached hydrogens (tertiary/aromatic N) is 1. The fourth-order valence-corrected chi connectivity index (χ4v) is 1.07. The molecule has 0 heterocycles. The third-order valence-corrected chi connectivity index (χ3v) is 1.78. The fourth-order valence-electron chi connectivity index (χ4n) is 1.07. The zero-order chi connectivity index (χ0) is 10.6. The molecule has 1 aromatic carbocycles. The molecule has 0 fully saturated rings. The summed E-state index contributed by atoms with van der Waals surface area (Å²) in [7, 11) is 0. The Bertz CT molecular complexity index is 358. The SMILES string of the molecule is CCOc1cc(C(N)C#N)ccc1O. The van der Waals surface area contributed by atoms with E-state index in [9.17, 15) is 5.11 Å². The maximum atomic E-state index is 9.37. The third kappa shape index (κ3) is 2.15. The highest BCUT2D eigenvalue weighted by atomic mass is 16.5. The van der Waals surface area contributed by atoms with Crippen LogP contribution in [0, 0.1) is 11.3 Å². The van der Waals surface area contributed by atoms with Crippen molar-refractivity contribution in [3.05, 3.63) is 23.8 Å². The van der Waals surface area contributed by atoms with E-state index in [1.807, 2.05) is 13.0 Å². The number of phenols is 1. The van der Waals surface area contributed by atoms with E-state index in [4.69, 9.17) is 15.7 Å². The lowest BCUT2D eigenvalue weighted by molar-refractivity contribution is 0.317. The third-order valence-electron chi connectivity index (χ3n) is 1.78. The Morgan fingerprint density at radius 1 is 1.64 bits per heavy atom. The van der Waals surface area contributed by atoms with Crippen molar-refractivity contribution in [1.82, 2.24) is 0 Å². The van der Waals surface area contributed by atoms with E-state index in [1.54, 1.807) is 12.1 Å². The summed E-state index contributed by atoms with van der Waals surface area (Å²) < 4.78 is 5.16. The molecule has 0 aliphatic rings. The Labute approximate surface area is 82.5 Å². The zero-order valence-electron chi connectivity index (χ0n) is 7.90. The van der Waals surface area contributed by atoms with Crippen LogP contribution in [0.2, 0.25) is 0 Å². The van der Waals surface area contributed by atoms with Crippen LogP contribution in [0.4, 0.5) is 0 Å². The number of nitriles is 1. The first-order chi connectivity index (χ1) is 6.69. The minimum atomic E-state index is -0.685.